The molecule has 2 rings (SSSR count). The quantitative estimate of drug-likeness (QED) is 0.771. The summed E-state index contributed by atoms with van der Waals surface area (Å²) >= 11 is 0. The summed E-state index contributed by atoms with van der Waals surface area (Å²) in [7, 11) is 0. The molecule has 0 aromatic carbocycles. The number of aryl methyl sites for hydroxylation is 1. The average Bonchev–Trinajstić information content (AvgIpc) is 2.82. The maximum atomic E-state index is 11.7. The van der Waals surface area contributed by atoms with Gasteiger partial charge in [-0.15, -0.1) is 0 Å². The van der Waals surface area contributed by atoms with E-state index in [0.29, 0.717) is 19.5 Å². The van der Waals surface area contributed by atoms with Crippen LogP contribution in [-0.2, 0) is 16.1 Å². The number of amides is 1. The molecule has 0 saturated heterocycles. The third kappa shape index (κ3) is 3.81. The lowest BCUT2D eigenvalue weighted by Crippen LogP contribution is -2.43. The third-order valence-electron chi connectivity index (χ3n) is 3.76. The highest BCUT2D eigenvalue weighted by molar-refractivity contribution is 5.76. The first-order valence-corrected chi connectivity index (χ1v) is 6.54. The molecule has 0 aliphatic heterocycles. The average molecular weight is 265 g/mol. The lowest BCUT2D eigenvalue weighted by atomic mass is 9.66. The normalized spacial score (nSPS) is 16.6. The van der Waals surface area contributed by atoms with E-state index in [1.54, 1.807) is 12.5 Å². The summed E-state index contributed by atoms with van der Waals surface area (Å²) in [5.74, 6) is -0.822. The van der Waals surface area contributed by atoms with Gasteiger partial charge in [-0.05, 0) is 18.3 Å². The van der Waals surface area contributed by atoms with Crippen molar-refractivity contribution in [1.29, 1.82) is 0 Å². The Bertz CT molecular complexity index is 438. The summed E-state index contributed by atoms with van der Waals surface area (Å²) in [6.45, 7) is 1.07. The summed E-state index contributed by atoms with van der Waals surface area (Å²) in [4.78, 5) is 26.4. The molecule has 6 nitrogen and oxygen atoms in total. The first-order chi connectivity index (χ1) is 9.10. The molecule has 1 heterocycles. The van der Waals surface area contributed by atoms with Crippen LogP contribution in [0.5, 0.6) is 0 Å². The predicted molar refractivity (Wildman–Crippen MR) is 68.4 cm³/mol. The number of hydrogen-bond donors (Lipinski definition) is 2. The number of aromatic nitrogens is 2. The fourth-order valence-corrected chi connectivity index (χ4v) is 2.44. The van der Waals surface area contributed by atoms with E-state index >= 15 is 0 Å². The van der Waals surface area contributed by atoms with Gasteiger partial charge in [-0.25, -0.2) is 4.98 Å². The zero-order valence-electron chi connectivity index (χ0n) is 10.8. The van der Waals surface area contributed by atoms with E-state index in [9.17, 15) is 9.59 Å². The Morgan fingerprint density at radius 3 is 2.74 bits per heavy atom. The van der Waals surface area contributed by atoms with E-state index in [1.165, 1.54) is 0 Å². The highest BCUT2D eigenvalue weighted by atomic mass is 16.4. The molecule has 0 radical (unpaired) electrons. The second-order valence-corrected chi connectivity index (χ2v) is 5.25. The van der Waals surface area contributed by atoms with Crippen LogP contribution >= 0.6 is 0 Å². The van der Waals surface area contributed by atoms with Gasteiger partial charge in [-0.1, -0.05) is 6.42 Å². The molecule has 6 heteroatoms. The second-order valence-electron chi connectivity index (χ2n) is 5.25. The summed E-state index contributed by atoms with van der Waals surface area (Å²) in [6, 6.07) is 0. The minimum atomic E-state index is -0.785. The number of carbonyl (C=O) groups excluding carboxylic acids is 1. The highest BCUT2D eigenvalue weighted by Gasteiger charge is 2.39. The molecular formula is C13H19N3O3. The predicted octanol–water partition coefficient (Wildman–Crippen LogP) is 1.03. The third-order valence-corrected chi connectivity index (χ3v) is 3.76. The molecule has 104 valence electrons. The van der Waals surface area contributed by atoms with Gasteiger partial charge in [0.05, 0.1) is 12.7 Å². The Morgan fingerprint density at radius 2 is 2.21 bits per heavy atom. The molecule has 1 aliphatic rings. The number of imidazole rings is 1. The molecule has 0 bridgehead atoms. The van der Waals surface area contributed by atoms with Crippen molar-refractivity contribution in [3.63, 3.8) is 0 Å². The summed E-state index contributed by atoms with van der Waals surface area (Å²) in [6.07, 6.45) is 8.53. The molecule has 1 aromatic heterocycles. The largest absolute Gasteiger partial charge is 0.481 e. The molecule has 0 unspecified atom stereocenters. The molecule has 1 fully saturated rings. The topological polar surface area (TPSA) is 84.2 Å². The smallest absolute Gasteiger partial charge is 0.303 e. The fourth-order valence-electron chi connectivity index (χ4n) is 2.44. The summed E-state index contributed by atoms with van der Waals surface area (Å²) in [5.41, 5.74) is -0.212. The lowest BCUT2D eigenvalue weighted by Gasteiger charge is -2.40. The van der Waals surface area contributed by atoms with Crippen molar-refractivity contribution in [1.82, 2.24) is 14.9 Å². The minimum Gasteiger partial charge on any atom is -0.481 e. The number of rotatable bonds is 7. The van der Waals surface area contributed by atoms with Crippen LogP contribution in [0.4, 0.5) is 0 Å². The minimum absolute atomic E-state index is 0.0367. The number of aliphatic carboxylic acids is 1. The molecule has 0 spiro atoms. The Labute approximate surface area is 111 Å². The van der Waals surface area contributed by atoms with Gasteiger partial charge in [0.15, 0.2) is 0 Å². The monoisotopic (exact) mass is 265 g/mol. The van der Waals surface area contributed by atoms with Gasteiger partial charge in [0.1, 0.15) is 0 Å². The zero-order valence-corrected chi connectivity index (χ0v) is 10.8. The number of hydrogen-bond acceptors (Lipinski definition) is 3. The summed E-state index contributed by atoms with van der Waals surface area (Å²) in [5, 5.41) is 11.7. The first kappa shape index (κ1) is 13.6. The van der Waals surface area contributed by atoms with Gasteiger partial charge in [-0.3, -0.25) is 9.59 Å². The number of carbonyl (C=O) groups is 2. The molecule has 2 N–H and O–H groups in total. The SMILES string of the molecule is O=C(O)CC1(CNC(=O)CCn2ccnc2)CCC1. The van der Waals surface area contributed by atoms with Crippen LogP contribution in [0.3, 0.4) is 0 Å². The van der Waals surface area contributed by atoms with Crippen LogP contribution in [-0.4, -0.2) is 33.1 Å². The van der Waals surface area contributed by atoms with E-state index < -0.39 is 5.97 Å². The maximum absolute atomic E-state index is 11.7. The van der Waals surface area contributed by atoms with Crippen molar-refractivity contribution in [2.75, 3.05) is 6.54 Å². The highest BCUT2D eigenvalue weighted by Crippen LogP contribution is 2.43. The van der Waals surface area contributed by atoms with Crippen LogP contribution in [0.2, 0.25) is 0 Å². The van der Waals surface area contributed by atoms with Crippen molar-refractivity contribution >= 4 is 11.9 Å². The Kier molecular flexibility index (Phi) is 4.19. The van der Waals surface area contributed by atoms with Gasteiger partial charge < -0.3 is 15.0 Å². The molecule has 1 aliphatic carbocycles. The van der Waals surface area contributed by atoms with Gasteiger partial charge >= 0.3 is 5.97 Å². The van der Waals surface area contributed by atoms with Gasteiger partial charge in [0, 0.05) is 31.9 Å². The van der Waals surface area contributed by atoms with Crippen LogP contribution in [0, 0.1) is 5.41 Å². The van der Waals surface area contributed by atoms with Crippen molar-refractivity contribution in [2.45, 2.75) is 38.6 Å². The maximum Gasteiger partial charge on any atom is 0.303 e. The number of carboxylic acid groups (broad SMARTS) is 1. The second kappa shape index (κ2) is 5.86. The van der Waals surface area contributed by atoms with Crippen molar-refractivity contribution in [3.05, 3.63) is 18.7 Å². The number of nitrogens with zero attached hydrogens (tertiary/aromatic N) is 2. The Hall–Kier alpha value is -1.85. The van der Waals surface area contributed by atoms with Crippen molar-refractivity contribution in [3.8, 4) is 0 Å². The van der Waals surface area contributed by atoms with Crippen molar-refractivity contribution in [2.24, 2.45) is 5.41 Å². The van der Waals surface area contributed by atoms with E-state index in [0.717, 1.165) is 19.3 Å². The van der Waals surface area contributed by atoms with Gasteiger partial charge in [0.2, 0.25) is 5.91 Å². The van der Waals surface area contributed by atoms with E-state index in [1.807, 2.05) is 10.8 Å². The van der Waals surface area contributed by atoms with E-state index in [2.05, 4.69) is 10.3 Å². The fraction of sp³-hybridized carbons (Fsp3) is 0.615. The summed E-state index contributed by atoms with van der Waals surface area (Å²) < 4.78 is 1.84. The lowest BCUT2D eigenvalue weighted by molar-refractivity contribution is -0.141. The van der Waals surface area contributed by atoms with Crippen molar-refractivity contribution < 1.29 is 14.7 Å². The van der Waals surface area contributed by atoms with Crippen LogP contribution in [0.1, 0.15) is 32.1 Å². The van der Waals surface area contributed by atoms with E-state index in [-0.39, 0.29) is 17.7 Å². The molecule has 0 atom stereocenters. The van der Waals surface area contributed by atoms with Gasteiger partial charge in [0.25, 0.3) is 0 Å². The van der Waals surface area contributed by atoms with Crippen LogP contribution < -0.4 is 5.32 Å². The molecular weight excluding hydrogens is 246 g/mol. The number of carboxylic acids is 1. The van der Waals surface area contributed by atoms with Crippen LogP contribution in [0.15, 0.2) is 18.7 Å². The first-order valence-electron chi connectivity index (χ1n) is 6.54. The standard InChI is InChI=1S/C13H19N3O3/c17-11(2-6-16-7-5-14-10-16)15-9-13(3-1-4-13)8-12(18)19/h5,7,10H,1-4,6,8-9H2,(H,15,17)(H,18,19). The molecule has 19 heavy (non-hydrogen) atoms. The van der Waals surface area contributed by atoms with Crippen LogP contribution in [0.25, 0.3) is 0 Å². The Morgan fingerprint density at radius 1 is 1.42 bits per heavy atom. The zero-order chi connectivity index (χ0) is 13.7. The molecule has 1 aromatic rings. The molecule has 1 amide bonds. The van der Waals surface area contributed by atoms with E-state index in [4.69, 9.17) is 5.11 Å². The molecule has 1 saturated carbocycles. The Balaban J connectivity index is 1.72. The van der Waals surface area contributed by atoms with Gasteiger partial charge in [-0.2, -0.15) is 0 Å². The number of nitrogens with one attached hydrogen (secondary N) is 1.